The average molecular weight is 523 g/mol. The van der Waals surface area contributed by atoms with Gasteiger partial charge in [0.25, 0.3) is 0 Å². The van der Waals surface area contributed by atoms with Gasteiger partial charge in [-0.25, -0.2) is 9.97 Å². The molecule has 1 unspecified atom stereocenters. The van der Waals surface area contributed by atoms with Crippen molar-refractivity contribution in [2.24, 2.45) is 7.05 Å². The highest BCUT2D eigenvalue weighted by molar-refractivity contribution is 6.33. The van der Waals surface area contributed by atoms with Crippen molar-refractivity contribution in [1.29, 1.82) is 0 Å². The summed E-state index contributed by atoms with van der Waals surface area (Å²) in [5.74, 6) is 0. The summed E-state index contributed by atoms with van der Waals surface area (Å²) in [6.45, 7) is 0. The summed E-state index contributed by atoms with van der Waals surface area (Å²) in [5.41, 5.74) is 6.22. The van der Waals surface area contributed by atoms with Crippen LogP contribution in [0.3, 0.4) is 0 Å². The number of hydrogen-bond donors (Lipinski definition) is 1. The molecule has 1 atom stereocenters. The molecule has 2 heterocycles. The van der Waals surface area contributed by atoms with Crippen molar-refractivity contribution in [3.05, 3.63) is 117 Å². The monoisotopic (exact) mass is 521 g/mol. The molecule has 0 spiro atoms. The second kappa shape index (κ2) is 10.00. The molecule has 0 aliphatic heterocycles. The number of pyridine rings is 1. The highest BCUT2D eigenvalue weighted by Crippen LogP contribution is 2.37. The van der Waals surface area contributed by atoms with Crippen LogP contribution in [-0.4, -0.2) is 19.6 Å². The summed E-state index contributed by atoms with van der Waals surface area (Å²) < 4.78 is 1.93. The van der Waals surface area contributed by atoms with Gasteiger partial charge >= 0.3 is 0 Å². The van der Waals surface area contributed by atoms with E-state index in [1.54, 1.807) is 24.7 Å². The number of imidazole rings is 1. The third kappa shape index (κ3) is 4.93. The van der Waals surface area contributed by atoms with Crippen LogP contribution in [0.15, 0.2) is 79.3 Å². The lowest BCUT2D eigenvalue weighted by atomic mass is 9.93. The van der Waals surface area contributed by atoms with Gasteiger partial charge in [0.2, 0.25) is 0 Å². The van der Waals surface area contributed by atoms with E-state index in [1.807, 2.05) is 60.1 Å². The smallest absolute Gasteiger partial charge is 0.139 e. The molecular formula is C28H22Cl3N3O. The van der Waals surface area contributed by atoms with Crippen LogP contribution < -0.4 is 0 Å². The fourth-order valence-corrected chi connectivity index (χ4v) is 5.04. The Morgan fingerprint density at radius 2 is 1.66 bits per heavy atom. The van der Waals surface area contributed by atoms with E-state index in [0.29, 0.717) is 21.6 Å². The lowest BCUT2D eigenvalue weighted by Gasteiger charge is -2.18. The van der Waals surface area contributed by atoms with Crippen molar-refractivity contribution in [3.8, 4) is 11.3 Å². The summed E-state index contributed by atoms with van der Waals surface area (Å²) >= 11 is 19.0. The minimum atomic E-state index is -0.798. The molecule has 0 saturated carbocycles. The van der Waals surface area contributed by atoms with Crippen LogP contribution >= 0.6 is 34.8 Å². The van der Waals surface area contributed by atoms with E-state index in [1.165, 1.54) is 0 Å². The van der Waals surface area contributed by atoms with E-state index in [9.17, 15) is 5.11 Å². The topological polar surface area (TPSA) is 50.9 Å². The number of aryl methyl sites for hydroxylation is 3. The summed E-state index contributed by atoms with van der Waals surface area (Å²) in [6, 6.07) is 20.9. The summed E-state index contributed by atoms with van der Waals surface area (Å²) in [7, 11) is 1.93. The average Bonchev–Trinajstić information content (AvgIpc) is 3.27. The Bertz CT molecular complexity index is 1510. The van der Waals surface area contributed by atoms with Gasteiger partial charge in [0.05, 0.1) is 23.7 Å². The molecule has 1 N–H and O–H groups in total. The zero-order chi connectivity index (χ0) is 24.5. The maximum atomic E-state index is 11.1. The van der Waals surface area contributed by atoms with Crippen molar-refractivity contribution >= 4 is 45.7 Å². The molecule has 3 aromatic carbocycles. The Hall–Kier alpha value is -2.89. The zero-order valence-corrected chi connectivity index (χ0v) is 21.2. The molecule has 0 aliphatic rings. The number of aromatic nitrogens is 3. The lowest BCUT2D eigenvalue weighted by Crippen LogP contribution is -2.04. The number of hydrogen-bond acceptors (Lipinski definition) is 3. The molecule has 176 valence electrons. The molecular weight excluding hydrogens is 501 g/mol. The van der Waals surface area contributed by atoms with Crippen LogP contribution in [0.25, 0.3) is 22.2 Å². The number of aliphatic hydroxyl groups excluding tert-OH is 1. The maximum absolute atomic E-state index is 11.1. The van der Waals surface area contributed by atoms with E-state index < -0.39 is 6.10 Å². The van der Waals surface area contributed by atoms with E-state index in [2.05, 4.69) is 11.1 Å². The number of rotatable bonds is 6. The largest absolute Gasteiger partial charge is 0.384 e. The maximum Gasteiger partial charge on any atom is 0.139 e. The van der Waals surface area contributed by atoms with Crippen molar-refractivity contribution in [2.45, 2.75) is 18.9 Å². The van der Waals surface area contributed by atoms with Crippen LogP contribution in [-0.2, 0) is 19.9 Å². The standard InChI is InChI=1S/C28H22Cl3N3O/c1-34-16-32-15-25(34)26-22(11-5-17-3-2-4-21(30)13-17)23-14-19(8-12-24(23)33-28(26)31)27(35)18-6-9-20(29)10-7-18/h2-4,6-10,12-16,27,35H,5,11H2,1H3. The van der Waals surface area contributed by atoms with Gasteiger partial charge in [-0.2, -0.15) is 0 Å². The number of fused-ring (bicyclic) bond motifs is 1. The minimum Gasteiger partial charge on any atom is -0.384 e. The molecule has 2 aromatic heterocycles. The van der Waals surface area contributed by atoms with Crippen molar-refractivity contribution < 1.29 is 5.11 Å². The molecule has 0 aliphatic carbocycles. The fourth-order valence-electron chi connectivity index (χ4n) is 4.40. The summed E-state index contributed by atoms with van der Waals surface area (Å²) in [5, 5.41) is 13.8. The summed E-state index contributed by atoms with van der Waals surface area (Å²) in [4.78, 5) is 8.98. The Kier molecular flexibility index (Phi) is 6.81. The van der Waals surface area contributed by atoms with Gasteiger partial charge in [-0.15, -0.1) is 0 Å². The Morgan fingerprint density at radius 3 is 2.37 bits per heavy atom. The van der Waals surface area contributed by atoms with Gasteiger partial charge in [0, 0.05) is 28.0 Å². The third-order valence-electron chi connectivity index (χ3n) is 6.20. The van der Waals surface area contributed by atoms with E-state index >= 15 is 0 Å². The van der Waals surface area contributed by atoms with E-state index in [-0.39, 0.29) is 0 Å². The molecule has 35 heavy (non-hydrogen) atoms. The molecule has 5 aromatic rings. The van der Waals surface area contributed by atoms with Crippen LogP contribution in [0.4, 0.5) is 0 Å². The van der Waals surface area contributed by atoms with Crippen LogP contribution in [0.1, 0.15) is 28.4 Å². The first-order chi connectivity index (χ1) is 16.9. The first-order valence-electron chi connectivity index (χ1n) is 11.2. The van der Waals surface area contributed by atoms with Gasteiger partial charge in [-0.1, -0.05) is 65.1 Å². The van der Waals surface area contributed by atoms with Gasteiger partial charge in [-0.3, -0.25) is 0 Å². The number of halogens is 3. The molecule has 0 amide bonds. The minimum absolute atomic E-state index is 0.424. The van der Waals surface area contributed by atoms with Crippen LogP contribution in [0, 0.1) is 0 Å². The SMILES string of the molecule is Cn1cncc1-c1c(Cl)nc2ccc(C(O)c3ccc(Cl)cc3)cc2c1CCc1cccc(Cl)c1. The molecule has 4 nitrogen and oxygen atoms in total. The number of benzene rings is 3. The molecule has 7 heteroatoms. The third-order valence-corrected chi connectivity index (χ3v) is 6.96. The quantitative estimate of drug-likeness (QED) is 0.235. The normalized spacial score (nSPS) is 12.3. The van der Waals surface area contributed by atoms with Crippen molar-refractivity contribution in [2.75, 3.05) is 0 Å². The summed E-state index contributed by atoms with van der Waals surface area (Å²) in [6.07, 6.45) is 4.22. The Morgan fingerprint density at radius 1 is 0.886 bits per heavy atom. The molecule has 5 rings (SSSR count). The van der Waals surface area contributed by atoms with Gasteiger partial charge in [0.15, 0.2) is 0 Å². The van der Waals surface area contributed by atoms with E-state index in [4.69, 9.17) is 39.8 Å². The molecule has 0 fully saturated rings. The van der Waals surface area contributed by atoms with Gasteiger partial charge < -0.3 is 9.67 Å². The second-order valence-electron chi connectivity index (χ2n) is 8.51. The number of aliphatic hydroxyl groups is 1. The van der Waals surface area contributed by atoms with Crippen molar-refractivity contribution in [1.82, 2.24) is 14.5 Å². The highest BCUT2D eigenvalue weighted by atomic mass is 35.5. The first kappa shape index (κ1) is 23.8. The molecule has 0 saturated heterocycles. The predicted molar refractivity (Wildman–Crippen MR) is 143 cm³/mol. The van der Waals surface area contributed by atoms with Crippen LogP contribution in [0.5, 0.6) is 0 Å². The van der Waals surface area contributed by atoms with E-state index in [0.717, 1.165) is 50.8 Å². The number of nitrogens with zero attached hydrogens (tertiary/aromatic N) is 3. The molecule has 0 bridgehead atoms. The van der Waals surface area contributed by atoms with Crippen molar-refractivity contribution in [3.63, 3.8) is 0 Å². The van der Waals surface area contributed by atoms with Crippen LogP contribution in [0.2, 0.25) is 15.2 Å². The Balaban J connectivity index is 1.66. The molecule has 0 radical (unpaired) electrons. The highest BCUT2D eigenvalue weighted by Gasteiger charge is 2.20. The van der Waals surface area contributed by atoms with Gasteiger partial charge in [0.1, 0.15) is 11.3 Å². The second-order valence-corrected chi connectivity index (χ2v) is 9.74. The Labute approximate surface area is 218 Å². The van der Waals surface area contributed by atoms with Gasteiger partial charge in [-0.05, 0) is 71.5 Å². The first-order valence-corrected chi connectivity index (χ1v) is 12.3. The predicted octanol–water partition coefficient (Wildman–Crippen LogP) is 7.46. The lowest BCUT2D eigenvalue weighted by molar-refractivity contribution is 0.220. The zero-order valence-electron chi connectivity index (χ0n) is 18.9. The fraction of sp³-hybridized carbons (Fsp3) is 0.143.